The molecule has 2 aromatic rings. The van der Waals surface area contributed by atoms with Crippen LogP contribution in [-0.2, 0) is 10.0 Å². The average molecular weight is 349 g/mol. The van der Waals surface area contributed by atoms with E-state index >= 15 is 0 Å². The standard InChI is InChI=1S/C12H10Cl2N2O2S2/c13-8-5-4-7(6-9(8)14)19-10-2-1-3-11(12(10)15)20(16,17)18/h1-6H,15H2,(H2,16,17,18). The molecule has 106 valence electrons. The van der Waals surface area contributed by atoms with Crippen LogP contribution in [0.15, 0.2) is 51.1 Å². The number of primary sulfonamides is 1. The number of hydrogen-bond acceptors (Lipinski definition) is 4. The summed E-state index contributed by atoms with van der Waals surface area (Å²) in [6, 6.07) is 9.75. The van der Waals surface area contributed by atoms with Crippen molar-refractivity contribution in [2.75, 3.05) is 5.73 Å². The maximum Gasteiger partial charge on any atom is 0.240 e. The van der Waals surface area contributed by atoms with E-state index in [2.05, 4.69) is 0 Å². The lowest BCUT2D eigenvalue weighted by Crippen LogP contribution is -2.14. The summed E-state index contributed by atoms with van der Waals surface area (Å²) in [5, 5.41) is 5.97. The highest BCUT2D eigenvalue weighted by atomic mass is 35.5. The third kappa shape index (κ3) is 3.39. The zero-order valence-corrected chi connectivity index (χ0v) is 13.2. The third-order valence-corrected chi connectivity index (χ3v) is 5.23. The topological polar surface area (TPSA) is 86.2 Å². The second-order valence-electron chi connectivity index (χ2n) is 3.89. The predicted octanol–water partition coefficient (Wildman–Crippen LogP) is 3.37. The van der Waals surface area contributed by atoms with Gasteiger partial charge in [0.15, 0.2) is 0 Å². The number of nitrogen functional groups attached to an aromatic ring is 1. The molecule has 4 N–H and O–H groups in total. The van der Waals surface area contributed by atoms with E-state index < -0.39 is 10.0 Å². The Bertz CT molecular complexity index is 764. The lowest BCUT2D eigenvalue weighted by molar-refractivity contribution is 0.598. The van der Waals surface area contributed by atoms with Crippen molar-refractivity contribution in [2.24, 2.45) is 5.14 Å². The monoisotopic (exact) mass is 348 g/mol. The van der Waals surface area contributed by atoms with Gasteiger partial charge in [-0.05, 0) is 30.3 Å². The minimum absolute atomic E-state index is 0.0949. The summed E-state index contributed by atoms with van der Waals surface area (Å²) in [6.45, 7) is 0. The minimum atomic E-state index is -3.85. The van der Waals surface area contributed by atoms with Gasteiger partial charge in [-0.15, -0.1) is 0 Å². The number of nitrogens with two attached hydrogens (primary N) is 2. The molecule has 0 spiro atoms. The van der Waals surface area contributed by atoms with E-state index in [-0.39, 0.29) is 10.6 Å². The summed E-state index contributed by atoms with van der Waals surface area (Å²) < 4.78 is 22.8. The Kier molecular flexibility index (Phi) is 4.51. The first-order valence-corrected chi connectivity index (χ1v) is 8.45. The molecule has 0 aromatic heterocycles. The van der Waals surface area contributed by atoms with Gasteiger partial charge in [-0.25, -0.2) is 13.6 Å². The van der Waals surface area contributed by atoms with Crippen molar-refractivity contribution in [3.8, 4) is 0 Å². The molecule has 8 heteroatoms. The fourth-order valence-electron chi connectivity index (χ4n) is 1.53. The zero-order chi connectivity index (χ0) is 14.9. The Labute approximate surface area is 131 Å². The molecular weight excluding hydrogens is 339 g/mol. The Morgan fingerprint density at radius 2 is 1.75 bits per heavy atom. The molecular formula is C12H10Cl2N2O2S2. The maximum atomic E-state index is 11.4. The Morgan fingerprint density at radius 1 is 1.05 bits per heavy atom. The molecule has 2 rings (SSSR count). The van der Waals surface area contributed by atoms with Crippen LogP contribution in [0.5, 0.6) is 0 Å². The van der Waals surface area contributed by atoms with Crippen molar-refractivity contribution in [3.63, 3.8) is 0 Å². The van der Waals surface area contributed by atoms with Crippen LogP contribution in [0.1, 0.15) is 0 Å². The molecule has 0 radical (unpaired) electrons. The first-order valence-electron chi connectivity index (χ1n) is 5.33. The second-order valence-corrected chi connectivity index (χ2v) is 7.35. The van der Waals surface area contributed by atoms with Gasteiger partial charge in [-0.1, -0.05) is 41.0 Å². The molecule has 0 aliphatic carbocycles. The quantitative estimate of drug-likeness (QED) is 0.832. The highest BCUT2D eigenvalue weighted by Gasteiger charge is 2.15. The SMILES string of the molecule is Nc1c(Sc2ccc(Cl)c(Cl)c2)cccc1S(N)(=O)=O. The summed E-state index contributed by atoms with van der Waals surface area (Å²) in [6.07, 6.45) is 0. The molecule has 0 unspecified atom stereocenters. The fraction of sp³-hybridized carbons (Fsp3) is 0. The zero-order valence-electron chi connectivity index (χ0n) is 10.0. The molecule has 0 aliphatic heterocycles. The van der Waals surface area contributed by atoms with E-state index in [1.807, 2.05) is 0 Å². The Hall–Kier alpha value is -0.920. The molecule has 0 amide bonds. The smallest absolute Gasteiger partial charge is 0.240 e. The number of anilines is 1. The van der Waals surface area contributed by atoms with Gasteiger partial charge >= 0.3 is 0 Å². The first kappa shape index (κ1) is 15.5. The van der Waals surface area contributed by atoms with Gasteiger partial charge in [0.2, 0.25) is 10.0 Å². The summed E-state index contributed by atoms with van der Waals surface area (Å²) >= 11 is 13.0. The first-order chi connectivity index (χ1) is 9.29. The lowest BCUT2D eigenvalue weighted by Gasteiger charge is -2.09. The Balaban J connectivity index is 2.42. The van der Waals surface area contributed by atoms with Gasteiger partial charge in [0, 0.05) is 9.79 Å². The lowest BCUT2D eigenvalue weighted by atomic mass is 10.3. The van der Waals surface area contributed by atoms with Crippen molar-refractivity contribution in [1.82, 2.24) is 0 Å². The number of para-hydroxylation sites is 1. The molecule has 0 bridgehead atoms. The number of benzene rings is 2. The minimum Gasteiger partial charge on any atom is -0.397 e. The van der Waals surface area contributed by atoms with E-state index in [1.54, 1.807) is 30.3 Å². The number of sulfonamides is 1. The molecule has 0 fully saturated rings. The van der Waals surface area contributed by atoms with Crippen LogP contribution >= 0.6 is 35.0 Å². The molecule has 0 atom stereocenters. The number of rotatable bonds is 3. The molecule has 0 heterocycles. The average Bonchev–Trinajstić information content (AvgIpc) is 2.35. The van der Waals surface area contributed by atoms with Crippen LogP contribution in [0, 0.1) is 0 Å². The van der Waals surface area contributed by atoms with Crippen molar-refractivity contribution in [3.05, 3.63) is 46.4 Å². The van der Waals surface area contributed by atoms with Gasteiger partial charge in [-0.3, -0.25) is 0 Å². The van der Waals surface area contributed by atoms with E-state index in [4.69, 9.17) is 34.1 Å². The summed E-state index contributed by atoms with van der Waals surface area (Å²) in [5.74, 6) is 0. The van der Waals surface area contributed by atoms with E-state index in [0.29, 0.717) is 14.9 Å². The van der Waals surface area contributed by atoms with Crippen molar-refractivity contribution in [1.29, 1.82) is 0 Å². The molecule has 0 saturated carbocycles. The Morgan fingerprint density at radius 3 is 2.35 bits per heavy atom. The second kappa shape index (κ2) is 5.83. The molecule has 4 nitrogen and oxygen atoms in total. The summed E-state index contributed by atoms with van der Waals surface area (Å²) in [5.41, 5.74) is 5.96. The van der Waals surface area contributed by atoms with Crippen molar-refractivity contribution < 1.29 is 8.42 Å². The van der Waals surface area contributed by atoms with Crippen LogP contribution in [0.3, 0.4) is 0 Å². The van der Waals surface area contributed by atoms with Crippen molar-refractivity contribution in [2.45, 2.75) is 14.7 Å². The summed E-state index contributed by atoms with van der Waals surface area (Å²) in [7, 11) is -3.85. The van der Waals surface area contributed by atoms with Crippen LogP contribution in [-0.4, -0.2) is 8.42 Å². The van der Waals surface area contributed by atoms with Crippen molar-refractivity contribution >= 4 is 50.7 Å². The van der Waals surface area contributed by atoms with E-state index in [1.165, 1.54) is 17.8 Å². The van der Waals surface area contributed by atoms with E-state index in [9.17, 15) is 8.42 Å². The number of halogens is 2. The van der Waals surface area contributed by atoms with Gasteiger partial charge < -0.3 is 5.73 Å². The highest BCUT2D eigenvalue weighted by Crippen LogP contribution is 2.37. The van der Waals surface area contributed by atoms with Crippen LogP contribution < -0.4 is 10.9 Å². The molecule has 0 saturated heterocycles. The predicted molar refractivity (Wildman–Crippen MR) is 82.8 cm³/mol. The molecule has 20 heavy (non-hydrogen) atoms. The van der Waals surface area contributed by atoms with Crippen LogP contribution in [0.25, 0.3) is 0 Å². The van der Waals surface area contributed by atoms with Crippen LogP contribution in [0.2, 0.25) is 10.0 Å². The largest absolute Gasteiger partial charge is 0.397 e. The molecule has 2 aromatic carbocycles. The highest BCUT2D eigenvalue weighted by molar-refractivity contribution is 7.99. The fourth-order valence-corrected chi connectivity index (χ4v) is 3.57. The van der Waals surface area contributed by atoms with Gasteiger partial charge in [0.05, 0.1) is 15.7 Å². The normalized spacial score (nSPS) is 11.6. The summed E-state index contributed by atoms with van der Waals surface area (Å²) in [4.78, 5) is 1.27. The van der Waals surface area contributed by atoms with E-state index in [0.717, 1.165) is 4.90 Å². The molecule has 0 aliphatic rings. The van der Waals surface area contributed by atoms with Gasteiger partial charge in [-0.2, -0.15) is 0 Å². The third-order valence-electron chi connectivity index (χ3n) is 2.45. The number of hydrogen-bond donors (Lipinski definition) is 2. The van der Waals surface area contributed by atoms with Gasteiger partial charge in [0.25, 0.3) is 0 Å². The van der Waals surface area contributed by atoms with Crippen LogP contribution in [0.4, 0.5) is 5.69 Å². The maximum absolute atomic E-state index is 11.4. The van der Waals surface area contributed by atoms with Gasteiger partial charge in [0.1, 0.15) is 4.90 Å².